The molecule has 6 nitrogen and oxygen atoms in total. The summed E-state index contributed by atoms with van der Waals surface area (Å²) in [4.78, 5) is 30.9. The van der Waals surface area contributed by atoms with E-state index < -0.39 is 0 Å². The van der Waals surface area contributed by atoms with E-state index in [4.69, 9.17) is 0 Å². The second kappa shape index (κ2) is 7.03. The number of rotatable bonds is 5. The van der Waals surface area contributed by atoms with Gasteiger partial charge in [0.2, 0.25) is 11.8 Å². The van der Waals surface area contributed by atoms with Crippen molar-refractivity contribution in [1.82, 2.24) is 19.8 Å². The Balaban J connectivity index is 1.92. The zero-order valence-electron chi connectivity index (χ0n) is 14.3. The fraction of sp³-hybridized carbons (Fsp3) is 0.500. The molecule has 1 aromatic carbocycles. The van der Waals surface area contributed by atoms with Crippen LogP contribution in [0.4, 0.5) is 0 Å². The van der Waals surface area contributed by atoms with Crippen LogP contribution in [0.5, 0.6) is 0 Å². The van der Waals surface area contributed by atoms with E-state index in [0.717, 1.165) is 42.8 Å². The molecule has 24 heavy (non-hydrogen) atoms. The summed E-state index contributed by atoms with van der Waals surface area (Å²) >= 11 is 0. The minimum atomic E-state index is -0.240. The molecule has 2 heterocycles. The number of fused-ring (bicyclic) bond motifs is 1. The topological polar surface area (TPSA) is 67.2 Å². The van der Waals surface area contributed by atoms with Gasteiger partial charge in [-0.15, -0.1) is 0 Å². The Morgan fingerprint density at radius 1 is 1.25 bits per heavy atom. The van der Waals surface area contributed by atoms with E-state index >= 15 is 0 Å². The maximum atomic E-state index is 12.6. The van der Waals surface area contributed by atoms with Crippen molar-refractivity contribution in [2.24, 2.45) is 0 Å². The average Bonchev–Trinajstić information content (AvgIpc) is 3.23. The van der Waals surface area contributed by atoms with Crippen molar-refractivity contribution in [1.29, 1.82) is 0 Å². The van der Waals surface area contributed by atoms with Gasteiger partial charge in [-0.1, -0.05) is 19.1 Å². The van der Waals surface area contributed by atoms with Gasteiger partial charge >= 0.3 is 0 Å². The molecule has 0 spiro atoms. The van der Waals surface area contributed by atoms with Crippen LogP contribution in [0.25, 0.3) is 11.0 Å². The maximum absolute atomic E-state index is 12.6. The first-order valence-corrected chi connectivity index (χ1v) is 8.62. The lowest BCUT2D eigenvalue weighted by Crippen LogP contribution is -2.33. The predicted molar refractivity (Wildman–Crippen MR) is 92.4 cm³/mol. The summed E-state index contributed by atoms with van der Waals surface area (Å²) in [5.74, 6) is 0.823. The molecule has 1 unspecified atom stereocenters. The normalized spacial score (nSPS) is 15.7. The van der Waals surface area contributed by atoms with E-state index in [2.05, 4.69) is 10.3 Å². The van der Waals surface area contributed by atoms with E-state index in [1.54, 1.807) is 0 Å². The van der Waals surface area contributed by atoms with Gasteiger partial charge in [0.1, 0.15) is 12.4 Å². The second-order valence-corrected chi connectivity index (χ2v) is 6.28. The summed E-state index contributed by atoms with van der Waals surface area (Å²) in [7, 11) is 0. The van der Waals surface area contributed by atoms with Gasteiger partial charge in [-0.3, -0.25) is 9.59 Å². The monoisotopic (exact) mass is 328 g/mol. The highest BCUT2D eigenvalue weighted by Crippen LogP contribution is 2.21. The smallest absolute Gasteiger partial charge is 0.242 e. The van der Waals surface area contributed by atoms with E-state index in [1.165, 1.54) is 0 Å². The zero-order chi connectivity index (χ0) is 17.1. The number of hydrogen-bond acceptors (Lipinski definition) is 3. The number of hydrogen-bond donors (Lipinski definition) is 1. The van der Waals surface area contributed by atoms with Crippen molar-refractivity contribution in [3.8, 4) is 0 Å². The molecule has 1 N–H and O–H groups in total. The number of amides is 2. The van der Waals surface area contributed by atoms with Crippen molar-refractivity contribution in [2.45, 2.75) is 45.7 Å². The van der Waals surface area contributed by atoms with Crippen LogP contribution < -0.4 is 5.32 Å². The lowest BCUT2D eigenvalue weighted by atomic mass is 10.3. The Kier molecular flexibility index (Phi) is 4.83. The van der Waals surface area contributed by atoms with Gasteiger partial charge < -0.3 is 14.8 Å². The Morgan fingerprint density at radius 3 is 2.67 bits per heavy atom. The van der Waals surface area contributed by atoms with Crippen molar-refractivity contribution in [3.63, 3.8) is 0 Å². The first kappa shape index (κ1) is 16.5. The number of carbonyl (C=O) groups is 2. The van der Waals surface area contributed by atoms with Crippen LogP contribution in [0.2, 0.25) is 0 Å². The first-order chi connectivity index (χ1) is 11.6. The van der Waals surface area contributed by atoms with Crippen LogP contribution in [0.1, 0.15) is 45.0 Å². The first-order valence-electron chi connectivity index (χ1n) is 8.62. The molecule has 1 saturated heterocycles. The molecule has 2 amide bonds. The lowest BCUT2D eigenvalue weighted by molar-refractivity contribution is -0.130. The number of benzene rings is 1. The van der Waals surface area contributed by atoms with Crippen LogP contribution in [0, 0.1) is 0 Å². The van der Waals surface area contributed by atoms with Gasteiger partial charge in [-0.05, 0) is 31.9 Å². The molecular weight excluding hydrogens is 304 g/mol. The molecule has 2 aromatic rings. The number of para-hydroxylation sites is 2. The minimum Gasteiger partial charge on any atom is -0.346 e. The molecule has 1 atom stereocenters. The molecular formula is C18H24N4O2. The standard InChI is InChI=1S/C18H24N4O2/c1-3-16(23)19-13(2)18-20-14-8-4-5-9-15(14)22(18)12-17(24)21-10-6-7-11-21/h4-5,8-9,13H,3,6-7,10-12H2,1-2H3,(H,19,23). The van der Waals surface area contributed by atoms with Crippen LogP contribution >= 0.6 is 0 Å². The van der Waals surface area contributed by atoms with Crippen LogP contribution in [-0.2, 0) is 16.1 Å². The van der Waals surface area contributed by atoms with E-state index in [0.29, 0.717) is 6.42 Å². The molecule has 0 radical (unpaired) electrons. The van der Waals surface area contributed by atoms with Gasteiger partial charge in [-0.25, -0.2) is 4.98 Å². The molecule has 6 heteroatoms. The number of nitrogens with one attached hydrogen (secondary N) is 1. The summed E-state index contributed by atoms with van der Waals surface area (Å²) in [6.45, 7) is 5.67. The Hall–Kier alpha value is -2.37. The highest BCUT2D eigenvalue weighted by atomic mass is 16.2. The predicted octanol–water partition coefficient (Wildman–Crippen LogP) is 2.25. The fourth-order valence-corrected chi connectivity index (χ4v) is 3.20. The molecule has 1 aromatic heterocycles. The molecule has 0 saturated carbocycles. The summed E-state index contributed by atoms with van der Waals surface area (Å²) in [6.07, 6.45) is 2.58. The second-order valence-electron chi connectivity index (χ2n) is 6.28. The highest BCUT2D eigenvalue weighted by molar-refractivity contribution is 5.82. The number of aromatic nitrogens is 2. The SMILES string of the molecule is CCC(=O)NC(C)c1nc2ccccc2n1CC(=O)N1CCCC1. The van der Waals surface area contributed by atoms with Gasteiger partial charge in [-0.2, -0.15) is 0 Å². The van der Waals surface area contributed by atoms with Gasteiger partial charge in [0, 0.05) is 19.5 Å². The van der Waals surface area contributed by atoms with Crippen molar-refractivity contribution < 1.29 is 9.59 Å². The van der Waals surface area contributed by atoms with Crippen LogP contribution in [0.15, 0.2) is 24.3 Å². The summed E-state index contributed by atoms with van der Waals surface area (Å²) in [6, 6.07) is 7.54. The molecule has 1 aliphatic heterocycles. The van der Waals surface area contributed by atoms with E-state index in [1.807, 2.05) is 47.6 Å². The third-order valence-corrected chi connectivity index (χ3v) is 4.52. The Bertz CT molecular complexity index is 747. The Morgan fingerprint density at radius 2 is 1.96 bits per heavy atom. The van der Waals surface area contributed by atoms with Crippen molar-refractivity contribution in [3.05, 3.63) is 30.1 Å². The summed E-state index contributed by atoms with van der Waals surface area (Å²) < 4.78 is 1.94. The Labute approximate surface area is 141 Å². The summed E-state index contributed by atoms with van der Waals surface area (Å²) in [5.41, 5.74) is 1.77. The third kappa shape index (κ3) is 3.27. The zero-order valence-corrected chi connectivity index (χ0v) is 14.3. The molecule has 1 fully saturated rings. The average molecular weight is 328 g/mol. The van der Waals surface area contributed by atoms with Crippen molar-refractivity contribution >= 4 is 22.8 Å². The highest BCUT2D eigenvalue weighted by Gasteiger charge is 2.23. The van der Waals surface area contributed by atoms with E-state index in [9.17, 15) is 9.59 Å². The van der Waals surface area contributed by atoms with Crippen LogP contribution in [-0.4, -0.2) is 39.4 Å². The summed E-state index contributed by atoms with van der Waals surface area (Å²) in [5, 5.41) is 2.94. The van der Waals surface area contributed by atoms with E-state index in [-0.39, 0.29) is 24.4 Å². The quantitative estimate of drug-likeness (QED) is 0.915. The molecule has 1 aliphatic rings. The maximum Gasteiger partial charge on any atom is 0.242 e. The molecule has 0 aliphatic carbocycles. The van der Waals surface area contributed by atoms with Gasteiger partial charge in [0.15, 0.2) is 0 Å². The minimum absolute atomic E-state index is 0.0213. The largest absolute Gasteiger partial charge is 0.346 e. The third-order valence-electron chi connectivity index (χ3n) is 4.52. The lowest BCUT2D eigenvalue weighted by Gasteiger charge is -2.19. The van der Waals surface area contributed by atoms with Gasteiger partial charge in [0.05, 0.1) is 17.1 Å². The fourth-order valence-electron chi connectivity index (χ4n) is 3.20. The van der Waals surface area contributed by atoms with Gasteiger partial charge in [0.25, 0.3) is 0 Å². The van der Waals surface area contributed by atoms with Crippen molar-refractivity contribution in [2.75, 3.05) is 13.1 Å². The molecule has 3 rings (SSSR count). The number of carbonyl (C=O) groups excluding carboxylic acids is 2. The molecule has 128 valence electrons. The number of likely N-dealkylation sites (tertiary alicyclic amines) is 1. The number of nitrogens with zero attached hydrogens (tertiary/aromatic N) is 3. The van der Waals surface area contributed by atoms with Crippen LogP contribution in [0.3, 0.4) is 0 Å². The molecule has 0 bridgehead atoms. The number of imidazole rings is 1.